The van der Waals surface area contributed by atoms with Crippen LogP contribution in [0.5, 0.6) is 5.75 Å². The molecule has 1 aliphatic heterocycles. The van der Waals surface area contributed by atoms with Crippen LogP contribution in [0.1, 0.15) is 47.8 Å². The smallest absolute Gasteiger partial charge is 0.328 e. The Morgan fingerprint density at radius 2 is 1.68 bits per heavy atom. The molecule has 1 fully saturated rings. The van der Waals surface area contributed by atoms with Gasteiger partial charge in [-0.25, -0.2) is 19.0 Å². The lowest BCUT2D eigenvalue weighted by atomic mass is 10.0. The van der Waals surface area contributed by atoms with Crippen LogP contribution in [-0.4, -0.2) is 119 Å². The Bertz CT molecular complexity index is 1950. The number of nitrogens with zero attached hydrogens (tertiary/aromatic N) is 5. The maximum atomic E-state index is 14.4. The highest BCUT2D eigenvalue weighted by molar-refractivity contribution is 9.10. The Balaban J connectivity index is 0.000000260. The number of aliphatic carboxylic acids is 2. The molecular formula is C37H43BrF2N6O10. The molecule has 302 valence electrons. The Morgan fingerprint density at radius 3 is 2.27 bits per heavy atom. The van der Waals surface area contributed by atoms with Gasteiger partial charge in [0.1, 0.15) is 29.9 Å². The number of ether oxygens (including phenoxy) is 2. The minimum atomic E-state index is -1.32. The van der Waals surface area contributed by atoms with Gasteiger partial charge in [0, 0.05) is 34.8 Å². The third kappa shape index (κ3) is 13.5. The van der Waals surface area contributed by atoms with Crippen LogP contribution in [0.15, 0.2) is 78.1 Å². The number of carbonyl (C=O) groups excluding carboxylic acids is 1. The molecule has 0 spiro atoms. The first-order valence-electron chi connectivity index (χ1n) is 17.1. The van der Waals surface area contributed by atoms with Crippen LogP contribution in [0, 0.1) is 11.9 Å². The number of aliphatic hydroxyl groups excluding tert-OH is 3. The first-order chi connectivity index (χ1) is 26.7. The molecule has 0 bridgehead atoms. The number of carbonyl (C=O) groups is 3. The molecule has 1 saturated heterocycles. The van der Waals surface area contributed by atoms with Crippen molar-refractivity contribution in [1.29, 1.82) is 0 Å². The fourth-order valence-electron chi connectivity index (χ4n) is 5.21. The van der Waals surface area contributed by atoms with Crippen molar-refractivity contribution >= 4 is 50.6 Å². The summed E-state index contributed by atoms with van der Waals surface area (Å²) < 4.78 is 40.6. The van der Waals surface area contributed by atoms with Crippen molar-refractivity contribution in [3.05, 3.63) is 101 Å². The van der Waals surface area contributed by atoms with E-state index < -0.39 is 55.0 Å². The lowest BCUT2D eigenvalue weighted by molar-refractivity contribution is -0.134. The number of hydrogen-bond donors (Lipinski definition) is 6. The number of hydrogen-bond acceptors (Lipinski definition) is 13. The normalized spacial score (nSPS) is 17.6. The molecule has 2 aromatic heterocycles. The molecule has 1 aliphatic rings. The summed E-state index contributed by atoms with van der Waals surface area (Å²) in [5, 5.41) is 44.3. The van der Waals surface area contributed by atoms with Crippen molar-refractivity contribution in [3.8, 4) is 5.75 Å². The molecular weight excluding hydrogens is 806 g/mol. The molecule has 4 atom stereocenters. The second-order valence-electron chi connectivity index (χ2n) is 12.2. The van der Waals surface area contributed by atoms with Crippen molar-refractivity contribution in [3.63, 3.8) is 0 Å². The minimum Gasteiger partial charge on any atom is -0.493 e. The van der Waals surface area contributed by atoms with Gasteiger partial charge in [0.15, 0.2) is 29.0 Å². The maximum absolute atomic E-state index is 14.4. The van der Waals surface area contributed by atoms with Crippen LogP contribution in [0.3, 0.4) is 0 Å². The molecule has 16 nitrogen and oxygen atoms in total. The van der Waals surface area contributed by atoms with E-state index in [0.29, 0.717) is 30.1 Å². The second kappa shape index (κ2) is 22.4. The zero-order valence-corrected chi connectivity index (χ0v) is 31.8. The molecule has 0 saturated carbocycles. The summed E-state index contributed by atoms with van der Waals surface area (Å²) >= 11 is 3.32. The predicted octanol–water partition coefficient (Wildman–Crippen LogP) is 3.75. The summed E-state index contributed by atoms with van der Waals surface area (Å²) in [5.41, 5.74) is 6.22. The highest BCUT2D eigenvalue weighted by Crippen LogP contribution is 2.32. The van der Waals surface area contributed by atoms with Crippen molar-refractivity contribution in [2.45, 2.75) is 50.2 Å². The van der Waals surface area contributed by atoms with E-state index in [4.69, 9.17) is 30.5 Å². The first-order valence-corrected chi connectivity index (χ1v) is 17.9. The van der Waals surface area contributed by atoms with E-state index in [1.165, 1.54) is 23.0 Å². The number of benzene rings is 2. The highest BCUT2D eigenvalue weighted by Gasteiger charge is 2.44. The molecule has 0 unspecified atom stereocenters. The molecule has 0 amide bonds. The fraction of sp³-hybridized carbons (Fsp3) is 0.351. The summed E-state index contributed by atoms with van der Waals surface area (Å²) in [7, 11) is 2.09. The first kappa shape index (κ1) is 45.2. The third-order valence-corrected chi connectivity index (χ3v) is 8.54. The number of aliphatic hydroxyl groups is 3. The summed E-state index contributed by atoms with van der Waals surface area (Å²) in [6, 6.07) is 11.3. The lowest BCUT2D eigenvalue weighted by Crippen LogP contribution is -2.33. The van der Waals surface area contributed by atoms with Crippen LogP contribution in [-0.2, 0) is 14.3 Å². The third-order valence-electron chi connectivity index (χ3n) is 8.02. The van der Waals surface area contributed by atoms with Gasteiger partial charge in [-0.1, -0.05) is 34.8 Å². The molecule has 0 radical (unpaired) electrons. The van der Waals surface area contributed by atoms with Gasteiger partial charge in [0.25, 0.3) is 0 Å². The van der Waals surface area contributed by atoms with Crippen LogP contribution in [0.25, 0.3) is 11.2 Å². The lowest BCUT2D eigenvalue weighted by Gasteiger charge is -2.16. The number of halogens is 3. The average Bonchev–Trinajstić information content (AvgIpc) is 3.70. The number of ketones is 1. The van der Waals surface area contributed by atoms with Gasteiger partial charge in [0.05, 0.1) is 25.1 Å². The molecule has 2 aromatic carbocycles. The van der Waals surface area contributed by atoms with Gasteiger partial charge in [-0.3, -0.25) is 9.36 Å². The van der Waals surface area contributed by atoms with E-state index in [2.05, 4.69) is 49.4 Å². The maximum Gasteiger partial charge on any atom is 0.328 e. The van der Waals surface area contributed by atoms with Gasteiger partial charge in [-0.2, -0.15) is 14.4 Å². The minimum absolute atomic E-state index is 0.0323. The number of likely N-dealkylation sites (N-methyl/N-ethyl adjacent to an activating group) is 1. The van der Waals surface area contributed by atoms with E-state index in [0.717, 1.165) is 43.2 Å². The van der Waals surface area contributed by atoms with Crippen molar-refractivity contribution in [2.75, 3.05) is 39.1 Å². The molecule has 0 aliphatic carbocycles. The number of anilines is 1. The van der Waals surface area contributed by atoms with Gasteiger partial charge in [0.2, 0.25) is 0 Å². The zero-order chi connectivity index (χ0) is 41.4. The number of fused-ring (bicyclic) bond motifs is 1. The van der Waals surface area contributed by atoms with Gasteiger partial charge in [-0.15, -0.1) is 6.58 Å². The summed E-state index contributed by atoms with van der Waals surface area (Å²) in [4.78, 5) is 44.6. The molecule has 7 N–H and O–H groups in total. The van der Waals surface area contributed by atoms with Crippen LogP contribution < -0.4 is 10.5 Å². The van der Waals surface area contributed by atoms with E-state index in [-0.39, 0.29) is 28.3 Å². The van der Waals surface area contributed by atoms with E-state index in [9.17, 15) is 33.4 Å². The summed E-state index contributed by atoms with van der Waals surface area (Å²) in [6.07, 6.45) is 2.92. The van der Waals surface area contributed by atoms with E-state index in [1.807, 2.05) is 6.08 Å². The number of aromatic nitrogens is 4. The zero-order valence-electron chi connectivity index (χ0n) is 30.2. The number of nitrogens with two attached hydrogens (primary N) is 1. The Kier molecular flexibility index (Phi) is 18.1. The summed E-state index contributed by atoms with van der Waals surface area (Å²) in [5.74, 6) is -3.10. The molecule has 19 heteroatoms. The predicted molar refractivity (Wildman–Crippen MR) is 203 cm³/mol. The molecule has 3 heterocycles. The average molecular weight is 850 g/mol. The number of imidazole rings is 1. The van der Waals surface area contributed by atoms with Gasteiger partial charge in [-0.05, 0) is 62.8 Å². The van der Waals surface area contributed by atoms with Gasteiger partial charge >= 0.3 is 18.0 Å². The van der Waals surface area contributed by atoms with E-state index >= 15 is 0 Å². The number of rotatable bonds is 16. The Morgan fingerprint density at radius 1 is 1.02 bits per heavy atom. The van der Waals surface area contributed by atoms with Crippen LogP contribution in [0.2, 0.25) is 0 Å². The van der Waals surface area contributed by atoms with Crippen molar-refractivity contribution in [1.82, 2.24) is 24.4 Å². The Labute approximate surface area is 328 Å². The second-order valence-corrected chi connectivity index (χ2v) is 13.1. The largest absolute Gasteiger partial charge is 0.493 e. The van der Waals surface area contributed by atoms with Crippen molar-refractivity contribution < 1.29 is 58.2 Å². The van der Waals surface area contributed by atoms with Crippen LogP contribution in [0.4, 0.5) is 14.6 Å². The SMILES string of the molecule is C=CCN(C)CCCCCCOc1ccc(C(=O)c2ccc(Br)cc2)c(F)c1.Nc1nc(F)nc2c1ncn2[C@@H]1O[C@H](CO)[C@@H](O)[C@@H]1O.O=C(O)/C=C/C(=O)O. The number of unbranched alkanes of at least 4 members (excludes halogenated alkanes) is 3. The molecule has 4 aromatic rings. The summed E-state index contributed by atoms with van der Waals surface area (Å²) in [6.45, 7) is 5.78. The quantitative estimate of drug-likeness (QED) is 0.0309. The van der Waals surface area contributed by atoms with Gasteiger partial charge < -0.3 is 45.6 Å². The van der Waals surface area contributed by atoms with E-state index in [1.54, 1.807) is 30.3 Å². The standard InChI is InChI=1S/C23H27BrFNO2.C10H12FN5O4.C4H4O4/c1-3-14-26(2)15-6-4-5-7-16-28-20-12-13-21(22(25)17-20)23(27)18-8-10-19(24)11-9-18;11-10-14-7(12)4-8(15-10)16(2-13-4)9-6(19)5(18)3(1-17)20-9;5-3(6)1-2-4(7)8/h3,8-13,17H,1,4-7,14-16H2,2H3;2-3,5-6,9,17-19H,1H2,(H2,12,14,15);1-2H,(H,5,6)(H,7,8)/b;;2-1+/t;3-,5-,6+,9-;/m.1./s1. The number of carboxylic acid groups (broad SMARTS) is 2. The fourth-order valence-corrected chi connectivity index (χ4v) is 5.48. The molecule has 5 rings (SSSR count). The monoisotopic (exact) mass is 848 g/mol. The molecule has 56 heavy (non-hydrogen) atoms. The highest BCUT2D eigenvalue weighted by atomic mass is 79.9. The van der Waals surface area contributed by atoms with Crippen molar-refractivity contribution in [2.24, 2.45) is 0 Å². The number of nitrogen functional groups attached to an aromatic ring is 1. The number of carboxylic acids is 2. The Hall–Kier alpha value is -5.18. The van der Waals surface area contributed by atoms with Crippen LogP contribution >= 0.6 is 15.9 Å². The topological polar surface area (TPSA) is 244 Å².